The van der Waals surface area contributed by atoms with Gasteiger partial charge in [-0.25, -0.2) is 9.97 Å². The summed E-state index contributed by atoms with van der Waals surface area (Å²) in [4.78, 5) is 9.29. The molecular formula is C19H17N3. The molecule has 0 aliphatic carbocycles. The van der Waals surface area contributed by atoms with Gasteiger partial charge in [-0.3, -0.25) is 0 Å². The van der Waals surface area contributed by atoms with Crippen molar-refractivity contribution < 1.29 is 0 Å². The lowest BCUT2D eigenvalue weighted by Crippen LogP contribution is -2.01. The Labute approximate surface area is 130 Å². The van der Waals surface area contributed by atoms with Crippen LogP contribution in [0, 0.1) is 0 Å². The summed E-state index contributed by atoms with van der Waals surface area (Å²) in [5, 5.41) is 3.18. The van der Waals surface area contributed by atoms with Gasteiger partial charge in [0, 0.05) is 22.9 Å². The van der Waals surface area contributed by atoms with Crippen LogP contribution in [0.3, 0.4) is 0 Å². The molecule has 0 unspecified atom stereocenters. The maximum absolute atomic E-state index is 4.70. The molecule has 2 aromatic carbocycles. The second-order valence-corrected chi connectivity index (χ2v) is 5.10. The van der Waals surface area contributed by atoms with E-state index in [-0.39, 0.29) is 0 Å². The average molecular weight is 287 g/mol. The highest BCUT2D eigenvalue weighted by atomic mass is 15.0. The molecule has 0 bridgehead atoms. The van der Waals surface area contributed by atoms with Crippen molar-refractivity contribution in [3.8, 4) is 22.6 Å². The number of rotatable bonds is 4. The molecule has 0 spiro atoms. The lowest BCUT2D eigenvalue weighted by molar-refractivity contribution is 1.16. The van der Waals surface area contributed by atoms with Crippen LogP contribution in [-0.4, -0.2) is 9.97 Å². The molecule has 0 radical (unpaired) electrons. The monoisotopic (exact) mass is 287 g/mol. The van der Waals surface area contributed by atoms with E-state index in [4.69, 9.17) is 4.98 Å². The molecule has 0 fully saturated rings. The van der Waals surface area contributed by atoms with Crippen molar-refractivity contribution in [1.82, 2.24) is 9.97 Å². The number of anilines is 1. The van der Waals surface area contributed by atoms with E-state index >= 15 is 0 Å². The molecule has 0 saturated heterocycles. The fourth-order valence-corrected chi connectivity index (χ4v) is 2.20. The zero-order valence-electron chi connectivity index (χ0n) is 12.5. The fraction of sp³-hybridized carbons (Fsp3) is 0.0526. The molecule has 1 aromatic heterocycles. The van der Waals surface area contributed by atoms with Crippen molar-refractivity contribution in [2.45, 2.75) is 6.92 Å². The number of benzene rings is 2. The summed E-state index contributed by atoms with van der Waals surface area (Å²) in [6.07, 6.45) is 0. The Balaban J connectivity index is 2.12. The van der Waals surface area contributed by atoms with E-state index in [9.17, 15) is 0 Å². The first-order chi connectivity index (χ1) is 10.7. The summed E-state index contributed by atoms with van der Waals surface area (Å²) in [7, 11) is 0. The van der Waals surface area contributed by atoms with E-state index in [1.165, 1.54) is 0 Å². The van der Waals surface area contributed by atoms with Crippen LogP contribution >= 0.6 is 0 Å². The summed E-state index contributed by atoms with van der Waals surface area (Å²) in [5.74, 6) is 1.45. The Kier molecular flexibility index (Phi) is 3.97. The van der Waals surface area contributed by atoms with Gasteiger partial charge in [-0.05, 0) is 6.92 Å². The van der Waals surface area contributed by atoms with Gasteiger partial charge in [-0.15, -0.1) is 0 Å². The Morgan fingerprint density at radius 2 is 1.45 bits per heavy atom. The minimum Gasteiger partial charge on any atom is -0.345 e. The molecular weight excluding hydrogens is 270 g/mol. The van der Waals surface area contributed by atoms with E-state index in [1.54, 1.807) is 0 Å². The largest absolute Gasteiger partial charge is 0.345 e. The third-order valence-corrected chi connectivity index (χ3v) is 3.17. The fourth-order valence-electron chi connectivity index (χ4n) is 2.20. The Bertz CT molecular complexity index is 723. The van der Waals surface area contributed by atoms with Gasteiger partial charge in [0.1, 0.15) is 5.82 Å². The molecule has 1 N–H and O–H groups in total. The van der Waals surface area contributed by atoms with E-state index in [0.717, 1.165) is 28.3 Å². The molecule has 3 nitrogen and oxygen atoms in total. The lowest BCUT2D eigenvalue weighted by atomic mass is 10.1. The maximum atomic E-state index is 4.70. The lowest BCUT2D eigenvalue weighted by Gasteiger charge is -2.10. The topological polar surface area (TPSA) is 37.8 Å². The quantitative estimate of drug-likeness (QED) is 0.752. The van der Waals surface area contributed by atoms with Crippen molar-refractivity contribution in [3.63, 3.8) is 0 Å². The summed E-state index contributed by atoms with van der Waals surface area (Å²) in [6, 6.07) is 22.0. The van der Waals surface area contributed by atoms with Gasteiger partial charge < -0.3 is 5.32 Å². The van der Waals surface area contributed by atoms with Crippen molar-refractivity contribution >= 4 is 5.82 Å². The van der Waals surface area contributed by atoms with Crippen molar-refractivity contribution in [2.24, 2.45) is 0 Å². The third kappa shape index (κ3) is 3.20. The summed E-state index contributed by atoms with van der Waals surface area (Å²) < 4.78 is 0. The first-order valence-electron chi connectivity index (χ1n) is 7.15. The second-order valence-electron chi connectivity index (χ2n) is 5.10. The molecule has 3 aromatic rings. The van der Waals surface area contributed by atoms with Gasteiger partial charge in [0.05, 0.1) is 5.69 Å². The predicted molar refractivity (Wildman–Crippen MR) is 91.3 cm³/mol. The van der Waals surface area contributed by atoms with Crippen LogP contribution in [0.15, 0.2) is 79.0 Å². The number of nitrogens with zero attached hydrogens (tertiary/aromatic N) is 2. The maximum Gasteiger partial charge on any atom is 0.162 e. The Morgan fingerprint density at radius 3 is 2.05 bits per heavy atom. The van der Waals surface area contributed by atoms with Crippen LogP contribution < -0.4 is 5.32 Å². The molecule has 0 aliphatic rings. The predicted octanol–water partition coefficient (Wildman–Crippen LogP) is 4.76. The van der Waals surface area contributed by atoms with Crippen LogP contribution in [-0.2, 0) is 0 Å². The first-order valence-corrected chi connectivity index (χ1v) is 7.15. The number of hydrogen-bond acceptors (Lipinski definition) is 3. The van der Waals surface area contributed by atoms with E-state index in [0.29, 0.717) is 5.82 Å². The van der Waals surface area contributed by atoms with E-state index in [1.807, 2.05) is 73.7 Å². The smallest absolute Gasteiger partial charge is 0.162 e. The average Bonchev–Trinajstić information content (AvgIpc) is 2.55. The number of nitrogens with one attached hydrogen (secondary N) is 1. The normalized spacial score (nSPS) is 10.2. The molecule has 0 aliphatic heterocycles. The number of hydrogen-bond donors (Lipinski definition) is 1. The van der Waals surface area contributed by atoms with Crippen LogP contribution in [0.25, 0.3) is 22.6 Å². The van der Waals surface area contributed by atoms with Crippen molar-refractivity contribution in [2.75, 3.05) is 5.32 Å². The second kappa shape index (κ2) is 6.22. The van der Waals surface area contributed by atoms with Gasteiger partial charge in [-0.2, -0.15) is 0 Å². The number of aromatic nitrogens is 2. The van der Waals surface area contributed by atoms with Crippen molar-refractivity contribution in [3.05, 3.63) is 79.0 Å². The zero-order chi connectivity index (χ0) is 15.4. The molecule has 0 saturated carbocycles. The van der Waals surface area contributed by atoms with Gasteiger partial charge in [-0.1, -0.05) is 67.2 Å². The molecule has 3 heteroatoms. The molecule has 0 amide bonds. The van der Waals surface area contributed by atoms with Crippen LogP contribution in [0.2, 0.25) is 0 Å². The molecule has 3 rings (SSSR count). The highest BCUT2D eigenvalue weighted by Gasteiger charge is 2.08. The molecule has 0 atom stereocenters. The first kappa shape index (κ1) is 14.0. The SMILES string of the molecule is C=C(C)Nc1cc(-c2ccccc2)nc(-c2ccccc2)n1. The minimum atomic E-state index is 0.700. The van der Waals surface area contributed by atoms with Gasteiger partial charge >= 0.3 is 0 Å². The van der Waals surface area contributed by atoms with Crippen LogP contribution in [0.4, 0.5) is 5.82 Å². The molecule has 108 valence electrons. The summed E-state index contributed by atoms with van der Waals surface area (Å²) in [6.45, 7) is 5.79. The van der Waals surface area contributed by atoms with Gasteiger partial charge in [0.25, 0.3) is 0 Å². The summed E-state index contributed by atoms with van der Waals surface area (Å²) >= 11 is 0. The standard InChI is InChI=1S/C19H17N3/c1-14(2)20-18-13-17(15-9-5-3-6-10-15)21-19(22-18)16-11-7-4-8-12-16/h3-13H,1H2,2H3,(H,20,21,22). The van der Waals surface area contributed by atoms with Gasteiger partial charge in [0.2, 0.25) is 0 Å². The summed E-state index contributed by atoms with van der Waals surface area (Å²) in [5.41, 5.74) is 3.78. The highest BCUT2D eigenvalue weighted by molar-refractivity contribution is 5.67. The van der Waals surface area contributed by atoms with Crippen molar-refractivity contribution in [1.29, 1.82) is 0 Å². The Morgan fingerprint density at radius 1 is 0.864 bits per heavy atom. The zero-order valence-corrected chi connectivity index (χ0v) is 12.5. The highest BCUT2D eigenvalue weighted by Crippen LogP contribution is 2.24. The third-order valence-electron chi connectivity index (χ3n) is 3.17. The number of allylic oxidation sites excluding steroid dienone is 1. The Hall–Kier alpha value is -2.94. The molecule has 1 heterocycles. The van der Waals surface area contributed by atoms with Gasteiger partial charge in [0.15, 0.2) is 5.82 Å². The van der Waals surface area contributed by atoms with E-state index in [2.05, 4.69) is 16.9 Å². The van der Waals surface area contributed by atoms with E-state index < -0.39 is 0 Å². The van der Waals surface area contributed by atoms with Crippen LogP contribution in [0.5, 0.6) is 0 Å². The minimum absolute atomic E-state index is 0.700. The molecule has 22 heavy (non-hydrogen) atoms. The van der Waals surface area contributed by atoms with Crippen LogP contribution in [0.1, 0.15) is 6.92 Å².